The molecule has 2 rings (SSSR count). The summed E-state index contributed by atoms with van der Waals surface area (Å²) in [5, 5.41) is 1.18. The number of anilines is 1. The average Bonchev–Trinajstić information content (AvgIpc) is 2.59. The van der Waals surface area contributed by atoms with E-state index in [9.17, 15) is 13.2 Å². The van der Waals surface area contributed by atoms with Crippen molar-refractivity contribution in [1.29, 1.82) is 0 Å². The molecule has 26 heavy (non-hydrogen) atoms. The zero-order chi connectivity index (χ0) is 19.2. The highest BCUT2D eigenvalue weighted by atomic mass is 32.2. The number of ketones is 1. The number of carbonyl (C=O) groups excluding carboxylic acids is 1. The first-order valence-corrected chi connectivity index (χ1v) is 9.57. The molecule has 0 aliphatic rings. The average molecular weight is 370 g/mol. The summed E-state index contributed by atoms with van der Waals surface area (Å²) in [4.78, 5) is 13.9. The van der Waals surface area contributed by atoms with Gasteiger partial charge in [-0.2, -0.15) is 0 Å². The van der Waals surface area contributed by atoms with Crippen LogP contribution in [0.4, 0.5) is 5.69 Å². The summed E-state index contributed by atoms with van der Waals surface area (Å²) in [5.74, 6) is -0.198. The molecule has 0 saturated carbocycles. The lowest BCUT2D eigenvalue weighted by Gasteiger charge is -2.08. The molecule has 0 unspecified atom stereocenters. The number of allylic oxidation sites excluding steroid dienone is 2. The number of sulfonamides is 1. The van der Waals surface area contributed by atoms with Gasteiger partial charge in [0.25, 0.3) is 10.0 Å². The van der Waals surface area contributed by atoms with Gasteiger partial charge in [-0.25, -0.2) is 8.42 Å². The van der Waals surface area contributed by atoms with Gasteiger partial charge in [-0.1, -0.05) is 42.5 Å². The Labute approximate surface area is 154 Å². The summed E-state index contributed by atoms with van der Waals surface area (Å²) in [6, 6.07) is 15.7. The summed E-state index contributed by atoms with van der Waals surface area (Å²) in [5.41, 5.74) is 2.20. The third kappa shape index (κ3) is 5.89. The zero-order valence-corrected chi connectivity index (χ0v) is 15.8. The Hall–Kier alpha value is -2.86. The van der Waals surface area contributed by atoms with Crippen molar-refractivity contribution < 1.29 is 13.2 Å². The second-order valence-corrected chi connectivity index (χ2v) is 7.57. The molecule has 6 heteroatoms. The highest BCUT2D eigenvalue weighted by Gasteiger charge is 2.10. The van der Waals surface area contributed by atoms with Crippen LogP contribution >= 0.6 is 0 Å². The van der Waals surface area contributed by atoms with Crippen LogP contribution in [-0.4, -0.2) is 33.2 Å². The molecule has 0 spiro atoms. The molecule has 5 nitrogen and oxygen atoms in total. The number of hydrogen-bond donors (Lipinski definition) is 1. The van der Waals surface area contributed by atoms with Gasteiger partial charge in [-0.3, -0.25) is 9.52 Å². The molecular formula is C20H22N2O3S. The van der Waals surface area contributed by atoms with Crippen LogP contribution in [0.15, 0.2) is 72.3 Å². The first kappa shape index (κ1) is 19.5. The van der Waals surface area contributed by atoms with Gasteiger partial charge in [0.05, 0.1) is 5.41 Å². The molecule has 136 valence electrons. The summed E-state index contributed by atoms with van der Waals surface area (Å²) in [7, 11) is -0.0693. The molecule has 2 aromatic carbocycles. The van der Waals surface area contributed by atoms with Gasteiger partial charge in [0.2, 0.25) is 0 Å². The fourth-order valence-corrected chi connectivity index (χ4v) is 3.36. The fraction of sp³-hybridized carbons (Fsp3) is 0.150. The van der Waals surface area contributed by atoms with Crippen LogP contribution in [0.25, 0.3) is 5.57 Å². The van der Waals surface area contributed by atoms with E-state index in [2.05, 4.69) is 4.72 Å². The highest BCUT2D eigenvalue weighted by Crippen LogP contribution is 2.18. The van der Waals surface area contributed by atoms with E-state index in [1.807, 2.05) is 44.4 Å². The highest BCUT2D eigenvalue weighted by molar-refractivity contribution is 7.95. The number of benzene rings is 2. The summed E-state index contributed by atoms with van der Waals surface area (Å²) in [6.07, 6.45) is 3.08. The van der Waals surface area contributed by atoms with E-state index < -0.39 is 10.0 Å². The van der Waals surface area contributed by atoms with Gasteiger partial charge < -0.3 is 4.90 Å². The second-order valence-electron chi connectivity index (χ2n) is 6.04. The van der Waals surface area contributed by atoms with Crippen molar-refractivity contribution >= 4 is 27.1 Å². The van der Waals surface area contributed by atoms with Crippen LogP contribution < -0.4 is 4.72 Å². The van der Waals surface area contributed by atoms with E-state index in [0.29, 0.717) is 16.8 Å². The Kier molecular flexibility index (Phi) is 6.36. The molecular weight excluding hydrogens is 348 g/mol. The van der Waals surface area contributed by atoms with Crippen LogP contribution in [0, 0.1) is 0 Å². The Morgan fingerprint density at radius 3 is 2.31 bits per heavy atom. The minimum Gasteiger partial charge on any atom is -0.383 e. The van der Waals surface area contributed by atoms with Crippen LogP contribution in [0.2, 0.25) is 0 Å². The molecule has 0 amide bonds. The standard InChI is InChI=1S/C20H22N2O3S/c1-16(17-8-5-4-6-9-17)15-26(24,25)21-19-11-7-10-18(14-19)20(23)12-13-22(2)3/h4-15,21H,1-3H3. The third-order valence-corrected chi connectivity index (χ3v) is 4.68. The zero-order valence-electron chi connectivity index (χ0n) is 15.0. The number of nitrogens with one attached hydrogen (secondary N) is 1. The Morgan fingerprint density at radius 1 is 1.00 bits per heavy atom. The van der Waals surface area contributed by atoms with Crippen LogP contribution in [-0.2, 0) is 10.0 Å². The predicted octanol–water partition coefficient (Wildman–Crippen LogP) is 3.75. The van der Waals surface area contributed by atoms with Crippen molar-refractivity contribution in [2.45, 2.75) is 6.92 Å². The van der Waals surface area contributed by atoms with Crippen molar-refractivity contribution in [3.05, 3.63) is 83.4 Å². The second kappa shape index (κ2) is 8.49. The predicted molar refractivity (Wildman–Crippen MR) is 106 cm³/mol. The summed E-state index contributed by atoms with van der Waals surface area (Å²) < 4.78 is 27.3. The molecule has 0 heterocycles. The molecule has 0 fully saturated rings. The Bertz CT molecular complexity index is 931. The molecule has 2 aromatic rings. The monoisotopic (exact) mass is 370 g/mol. The molecule has 0 radical (unpaired) electrons. The van der Waals surface area contributed by atoms with Gasteiger partial charge in [0, 0.05) is 37.6 Å². The van der Waals surface area contributed by atoms with E-state index in [0.717, 1.165) is 5.56 Å². The smallest absolute Gasteiger partial charge is 0.255 e. The molecule has 0 aliphatic heterocycles. The number of nitrogens with zero attached hydrogens (tertiary/aromatic N) is 1. The van der Waals surface area contributed by atoms with E-state index >= 15 is 0 Å². The van der Waals surface area contributed by atoms with Crippen LogP contribution in [0.3, 0.4) is 0 Å². The Morgan fingerprint density at radius 2 is 1.65 bits per heavy atom. The maximum atomic E-state index is 12.4. The van der Waals surface area contributed by atoms with Crippen molar-refractivity contribution in [1.82, 2.24) is 4.90 Å². The van der Waals surface area contributed by atoms with E-state index in [1.165, 1.54) is 17.6 Å². The third-order valence-electron chi connectivity index (χ3n) is 3.49. The maximum absolute atomic E-state index is 12.4. The first-order valence-electron chi connectivity index (χ1n) is 8.02. The van der Waals surface area contributed by atoms with E-state index in [1.54, 1.807) is 36.2 Å². The Balaban J connectivity index is 2.20. The lowest BCUT2D eigenvalue weighted by atomic mass is 10.1. The number of rotatable bonds is 7. The molecule has 0 atom stereocenters. The van der Waals surface area contributed by atoms with Crippen molar-refractivity contribution in [2.75, 3.05) is 18.8 Å². The SMILES string of the molecule is CC(=CS(=O)(=O)Nc1cccc(C(=O)C=CN(C)C)c1)c1ccccc1. The van der Waals surface area contributed by atoms with E-state index in [4.69, 9.17) is 0 Å². The lowest BCUT2D eigenvalue weighted by Crippen LogP contribution is -2.10. The van der Waals surface area contributed by atoms with Gasteiger partial charge in [-0.05, 0) is 30.2 Å². The minimum absolute atomic E-state index is 0.198. The van der Waals surface area contributed by atoms with Crippen LogP contribution in [0.5, 0.6) is 0 Å². The van der Waals surface area contributed by atoms with Crippen molar-refractivity contribution in [3.8, 4) is 0 Å². The van der Waals surface area contributed by atoms with Crippen molar-refractivity contribution in [3.63, 3.8) is 0 Å². The summed E-state index contributed by atoms with van der Waals surface area (Å²) in [6.45, 7) is 1.74. The quantitative estimate of drug-likeness (QED) is 0.595. The van der Waals surface area contributed by atoms with Gasteiger partial charge in [0.1, 0.15) is 0 Å². The molecule has 0 bridgehead atoms. The first-order chi connectivity index (χ1) is 12.3. The molecule has 0 saturated heterocycles. The molecule has 1 N–H and O–H groups in total. The van der Waals surface area contributed by atoms with Crippen LogP contribution in [0.1, 0.15) is 22.8 Å². The molecule has 0 aliphatic carbocycles. The number of carbonyl (C=O) groups is 1. The number of hydrogen-bond acceptors (Lipinski definition) is 4. The van der Waals surface area contributed by atoms with Gasteiger partial charge in [0.15, 0.2) is 5.78 Å². The maximum Gasteiger partial charge on any atom is 0.255 e. The summed E-state index contributed by atoms with van der Waals surface area (Å²) >= 11 is 0. The van der Waals surface area contributed by atoms with Crippen molar-refractivity contribution in [2.24, 2.45) is 0 Å². The normalized spacial score (nSPS) is 12.2. The minimum atomic E-state index is -3.70. The van der Waals surface area contributed by atoms with E-state index in [-0.39, 0.29) is 5.78 Å². The lowest BCUT2D eigenvalue weighted by molar-refractivity contribution is 0.104. The fourth-order valence-electron chi connectivity index (χ4n) is 2.24. The largest absolute Gasteiger partial charge is 0.383 e. The topological polar surface area (TPSA) is 66.5 Å². The van der Waals surface area contributed by atoms with Gasteiger partial charge in [-0.15, -0.1) is 0 Å². The molecule has 0 aromatic heterocycles. The van der Waals surface area contributed by atoms with Gasteiger partial charge >= 0.3 is 0 Å².